The number of hydrogen-bond donors (Lipinski definition) is 1. The van der Waals surface area contributed by atoms with Crippen LogP contribution >= 0.6 is 51.5 Å². The first-order valence-electron chi connectivity index (χ1n) is 10.2. The van der Waals surface area contributed by atoms with Gasteiger partial charge < -0.3 is 9.64 Å². The number of benzene rings is 1. The molecule has 4 rings (SSSR count). The monoisotopic (exact) mass is 591 g/mol. The molecule has 12 heteroatoms. The predicted molar refractivity (Wildman–Crippen MR) is 140 cm³/mol. The van der Waals surface area contributed by atoms with E-state index < -0.39 is 0 Å². The highest BCUT2D eigenvalue weighted by atomic mass is 79.9. The van der Waals surface area contributed by atoms with E-state index in [1.165, 1.54) is 11.8 Å². The lowest BCUT2D eigenvalue weighted by Crippen LogP contribution is -2.23. The Labute approximate surface area is 222 Å². The number of pyridine rings is 1. The molecule has 0 atom stereocenters. The minimum absolute atomic E-state index is 0. The van der Waals surface area contributed by atoms with Crippen LogP contribution in [-0.4, -0.2) is 39.9 Å². The maximum atomic E-state index is 11.6. The average Bonchev–Trinajstić information content (AvgIpc) is 3.39. The van der Waals surface area contributed by atoms with Crippen LogP contribution in [0, 0.1) is 6.92 Å². The number of halogens is 4. The molecule has 1 aliphatic rings. The summed E-state index contributed by atoms with van der Waals surface area (Å²) in [6.45, 7) is 6.42. The molecule has 0 aliphatic carbocycles. The summed E-state index contributed by atoms with van der Waals surface area (Å²) in [5.41, 5.74) is 5.28. The molecule has 0 radical (unpaired) electrons. The van der Waals surface area contributed by atoms with Crippen molar-refractivity contribution in [1.82, 2.24) is 19.8 Å². The van der Waals surface area contributed by atoms with Crippen LogP contribution in [-0.2, 0) is 11.4 Å². The van der Waals surface area contributed by atoms with Crippen molar-refractivity contribution in [3.05, 3.63) is 56.4 Å². The van der Waals surface area contributed by atoms with Gasteiger partial charge in [0.05, 0.1) is 16.4 Å². The number of urea groups is 1. The van der Waals surface area contributed by atoms with Crippen LogP contribution in [0.5, 0.6) is 5.75 Å². The standard InChI is InChI=1S/C18H16BrCl2N3O2.C4H8N2O.ClH/c1-10-17(19)24-8-4-5-15(18(24)22-10)26-9-12-13(20)6-7-14(16(12)21)23(3)11(2)25;1-2-3-6-4(7)5-6;/h4-8H,9H2,1-3H3;2-3H2,1H3,(H,5,7);1H. The van der Waals surface area contributed by atoms with Gasteiger partial charge in [-0.15, -0.1) is 12.4 Å². The Kier molecular flexibility index (Phi) is 9.87. The van der Waals surface area contributed by atoms with Gasteiger partial charge in [0.2, 0.25) is 5.91 Å². The molecule has 0 bridgehead atoms. The molecule has 1 saturated heterocycles. The molecule has 1 aromatic carbocycles. The normalized spacial score (nSPS) is 11.9. The van der Waals surface area contributed by atoms with E-state index >= 15 is 0 Å². The molecule has 1 N–H and O–H groups in total. The van der Waals surface area contributed by atoms with Gasteiger partial charge in [0.1, 0.15) is 11.2 Å². The molecule has 1 aliphatic heterocycles. The Morgan fingerprint density at radius 1 is 1.29 bits per heavy atom. The molecule has 0 spiro atoms. The van der Waals surface area contributed by atoms with Crippen molar-refractivity contribution in [2.75, 3.05) is 18.5 Å². The van der Waals surface area contributed by atoms with E-state index in [-0.39, 0.29) is 31.0 Å². The van der Waals surface area contributed by atoms with Gasteiger partial charge in [-0.05, 0) is 53.5 Å². The van der Waals surface area contributed by atoms with Crippen LogP contribution in [0.25, 0.3) is 5.65 Å². The molecular formula is C22H25BrCl3N5O3. The average molecular weight is 594 g/mol. The van der Waals surface area contributed by atoms with Crippen molar-refractivity contribution in [2.45, 2.75) is 33.8 Å². The highest BCUT2D eigenvalue weighted by Crippen LogP contribution is 2.35. The van der Waals surface area contributed by atoms with Gasteiger partial charge in [0.15, 0.2) is 11.4 Å². The topological polar surface area (TPSA) is 88.9 Å². The smallest absolute Gasteiger partial charge is 0.355 e. The third-order valence-corrected chi connectivity index (χ3v) is 6.69. The summed E-state index contributed by atoms with van der Waals surface area (Å²) < 4.78 is 8.72. The van der Waals surface area contributed by atoms with Crippen LogP contribution in [0.4, 0.5) is 10.5 Å². The fourth-order valence-electron chi connectivity index (χ4n) is 3.01. The van der Waals surface area contributed by atoms with Crippen molar-refractivity contribution in [3.8, 4) is 5.75 Å². The summed E-state index contributed by atoms with van der Waals surface area (Å²) in [6, 6.07) is 7.18. The fraction of sp³-hybridized carbons (Fsp3) is 0.318. The maximum Gasteiger partial charge on any atom is 0.355 e. The first kappa shape index (κ1) is 28.0. The number of hydrazine groups is 1. The number of nitrogens with one attached hydrogen (secondary N) is 1. The van der Waals surface area contributed by atoms with Crippen molar-refractivity contribution < 1.29 is 14.3 Å². The number of imidazole rings is 1. The molecule has 3 amide bonds. The number of anilines is 1. The molecule has 1 fully saturated rings. The summed E-state index contributed by atoms with van der Waals surface area (Å²) in [5.74, 6) is 0.488. The van der Waals surface area contributed by atoms with Crippen molar-refractivity contribution >= 4 is 74.8 Å². The molecule has 3 aromatic rings. The van der Waals surface area contributed by atoms with Gasteiger partial charge in [-0.2, -0.15) is 0 Å². The van der Waals surface area contributed by atoms with Gasteiger partial charge in [-0.25, -0.2) is 20.2 Å². The van der Waals surface area contributed by atoms with Gasteiger partial charge in [-0.3, -0.25) is 9.20 Å². The molecule has 0 unspecified atom stereocenters. The maximum absolute atomic E-state index is 11.6. The van der Waals surface area contributed by atoms with E-state index in [4.69, 9.17) is 27.9 Å². The first-order chi connectivity index (χ1) is 15.6. The zero-order valence-electron chi connectivity index (χ0n) is 19.1. The molecule has 34 heavy (non-hydrogen) atoms. The highest BCUT2D eigenvalue weighted by Gasteiger charge is 2.26. The Hall–Kier alpha value is -2.20. The molecule has 8 nitrogen and oxygen atoms in total. The first-order valence-corrected chi connectivity index (χ1v) is 11.8. The molecule has 184 valence electrons. The third-order valence-electron chi connectivity index (χ3n) is 4.96. The SMILES string of the molecule is CC(=O)N(C)c1ccc(Cl)c(COc2cccn3c(Br)c(C)nc23)c1Cl.CCCN1NC1=O.Cl. The number of aryl methyl sites for hydroxylation is 1. The largest absolute Gasteiger partial charge is 0.485 e. The highest BCUT2D eigenvalue weighted by molar-refractivity contribution is 9.10. The van der Waals surface area contributed by atoms with Crippen LogP contribution in [0.1, 0.15) is 31.5 Å². The summed E-state index contributed by atoms with van der Waals surface area (Å²) in [6.07, 6.45) is 2.92. The van der Waals surface area contributed by atoms with Crippen molar-refractivity contribution in [2.24, 2.45) is 0 Å². The zero-order valence-corrected chi connectivity index (χ0v) is 23.0. The lowest BCUT2D eigenvalue weighted by atomic mass is 10.2. The minimum atomic E-state index is -0.122. The number of carbonyl (C=O) groups is 2. The van der Waals surface area contributed by atoms with E-state index in [1.54, 1.807) is 24.2 Å². The van der Waals surface area contributed by atoms with Gasteiger partial charge in [0, 0.05) is 37.3 Å². The van der Waals surface area contributed by atoms with Crippen LogP contribution in [0.15, 0.2) is 35.1 Å². The number of amides is 3. The summed E-state index contributed by atoms with van der Waals surface area (Å²) in [5, 5.41) is 2.45. The number of nitrogens with zero attached hydrogens (tertiary/aromatic N) is 4. The number of carbonyl (C=O) groups excluding carboxylic acids is 2. The van der Waals surface area contributed by atoms with E-state index in [1.807, 2.05) is 36.6 Å². The van der Waals surface area contributed by atoms with Crippen molar-refractivity contribution in [3.63, 3.8) is 0 Å². The van der Waals surface area contributed by atoms with Crippen LogP contribution in [0.3, 0.4) is 0 Å². The molecule has 0 saturated carbocycles. The van der Waals surface area contributed by atoms with Gasteiger partial charge in [-0.1, -0.05) is 30.1 Å². The molecule has 3 heterocycles. The fourth-order valence-corrected chi connectivity index (χ4v) is 3.99. The van der Waals surface area contributed by atoms with Crippen LogP contribution in [0.2, 0.25) is 10.0 Å². The van der Waals surface area contributed by atoms with Gasteiger partial charge >= 0.3 is 6.03 Å². The predicted octanol–water partition coefficient (Wildman–Crippen LogP) is 6.03. The Bertz CT molecular complexity index is 1200. The number of aromatic nitrogens is 2. The van der Waals surface area contributed by atoms with Crippen LogP contribution < -0.4 is 15.1 Å². The second-order valence-electron chi connectivity index (χ2n) is 7.35. The number of fused-ring (bicyclic) bond motifs is 1. The second-order valence-corrected chi connectivity index (χ2v) is 8.88. The van der Waals surface area contributed by atoms with E-state index in [9.17, 15) is 9.59 Å². The lowest BCUT2D eigenvalue weighted by Gasteiger charge is -2.19. The Balaban J connectivity index is 0.000000439. The lowest BCUT2D eigenvalue weighted by molar-refractivity contribution is -0.116. The second kappa shape index (κ2) is 12.0. The summed E-state index contributed by atoms with van der Waals surface area (Å²) >= 11 is 16.3. The van der Waals surface area contributed by atoms with E-state index in [0.717, 1.165) is 23.3 Å². The van der Waals surface area contributed by atoms with Gasteiger partial charge in [0.25, 0.3) is 0 Å². The zero-order chi connectivity index (χ0) is 24.3. The van der Waals surface area contributed by atoms with Crippen molar-refractivity contribution in [1.29, 1.82) is 0 Å². The van der Waals surface area contributed by atoms with E-state index in [2.05, 4.69) is 26.3 Å². The Morgan fingerprint density at radius 2 is 1.97 bits per heavy atom. The molecular weight excluding hydrogens is 569 g/mol. The minimum Gasteiger partial charge on any atom is -0.485 e. The third kappa shape index (κ3) is 6.27. The number of ether oxygens (including phenoxy) is 1. The van der Waals surface area contributed by atoms with E-state index in [0.29, 0.717) is 32.7 Å². The summed E-state index contributed by atoms with van der Waals surface area (Å²) in [7, 11) is 1.66. The molecule has 2 aromatic heterocycles. The number of rotatable bonds is 6. The Morgan fingerprint density at radius 3 is 2.53 bits per heavy atom. The summed E-state index contributed by atoms with van der Waals surface area (Å²) in [4.78, 5) is 27.7. The quantitative estimate of drug-likeness (QED) is 0.354. The number of hydrogen-bond acceptors (Lipinski definition) is 4.